The van der Waals surface area contributed by atoms with E-state index in [1.807, 2.05) is 60.7 Å². The van der Waals surface area contributed by atoms with Crippen LogP contribution in [0.25, 0.3) is 0 Å². The average molecular weight is 307 g/mol. The Labute approximate surface area is 132 Å². The van der Waals surface area contributed by atoms with Gasteiger partial charge in [0.05, 0.1) is 0 Å². The van der Waals surface area contributed by atoms with Crippen LogP contribution >= 0.6 is 11.8 Å². The van der Waals surface area contributed by atoms with Crippen molar-refractivity contribution in [2.75, 3.05) is 5.32 Å². The number of benzene rings is 2. The average Bonchev–Trinajstić information content (AvgIpc) is 2.57. The third kappa shape index (κ3) is 3.71. The molecule has 0 aliphatic heterocycles. The van der Waals surface area contributed by atoms with Crippen LogP contribution in [0.15, 0.2) is 82.7 Å². The largest absolute Gasteiger partial charge is 0.321 e. The first-order chi connectivity index (χ1) is 10.8. The summed E-state index contributed by atoms with van der Waals surface area (Å²) in [6, 6.07) is 22.6. The van der Waals surface area contributed by atoms with Crippen molar-refractivity contribution in [3.05, 3.63) is 78.5 Å². The lowest BCUT2D eigenvalue weighted by Crippen LogP contribution is -2.14. The molecule has 0 bridgehead atoms. The van der Waals surface area contributed by atoms with Gasteiger partial charge in [-0.2, -0.15) is 0 Å². The molecule has 2 aromatic carbocycles. The molecular weight excluding hydrogens is 294 g/mol. The first-order valence-corrected chi connectivity index (χ1v) is 7.56. The number of para-hydroxylation sites is 1. The zero-order valence-electron chi connectivity index (χ0n) is 11.6. The van der Waals surface area contributed by atoms with E-state index in [2.05, 4.69) is 15.5 Å². The predicted molar refractivity (Wildman–Crippen MR) is 87.0 cm³/mol. The second-order valence-electron chi connectivity index (χ2n) is 4.49. The highest BCUT2D eigenvalue weighted by atomic mass is 32.2. The fourth-order valence-corrected chi connectivity index (χ4v) is 2.57. The van der Waals surface area contributed by atoms with E-state index in [9.17, 15) is 4.79 Å². The van der Waals surface area contributed by atoms with Crippen LogP contribution in [0.4, 0.5) is 5.69 Å². The SMILES string of the molecule is O=C(Nc1ccccc1)c1ccc(Sc2ccccc2)nn1. The summed E-state index contributed by atoms with van der Waals surface area (Å²) in [5.74, 6) is -0.269. The summed E-state index contributed by atoms with van der Waals surface area (Å²) in [4.78, 5) is 13.1. The summed E-state index contributed by atoms with van der Waals surface area (Å²) in [6.07, 6.45) is 0. The number of rotatable bonds is 4. The first-order valence-electron chi connectivity index (χ1n) is 6.74. The maximum absolute atomic E-state index is 12.1. The minimum atomic E-state index is -0.269. The summed E-state index contributed by atoms with van der Waals surface area (Å²) < 4.78 is 0. The number of aromatic nitrogens is 2. The third-order valence-electron chi connectivity index (χ3n) is 2.87. The number of hydrogen-bond donors (Lipinski definition) is 1. The zero-order chi connectivity index (χ0) is 15.2. The van der Waals surface area contributed by atoms with Crippen molar-refractivity contribution in [2.45, 2.75) is 9.92 Å². The number of carbonyl (C=O) groups excluding carboxylic acids is 1. The maximum atomic E-state index is 12.1. The number of amides is 1. The van der Waals surface area contributed by atoms with Crippen molar-refractivity contribution in [1.82, 2.24) is 10.2 Å². The number of carbonyl (C=O) groups is 1. The normalized spacial score (nSPS) is 10.2. The predicted octanol–water partition coefficient (Wildman–Crippen LogP) is 3.88. The number of hydrogen-bond acceptors (Lipinski definition) is 4. The minimum Gasteiger partial charge on any atom is -0.321 e. The van der Waals surface area contributed by atoms with Crippen molar-refractivity contribution in [1.29, 1.82) is 0 Å². The van der Waals surface area contributed by atoms with Crippen molar-refractivity contribution < 1.29 is 4.79 Å². The fraction of sp³-hybridized carbons (Fsp3) is 0. The van der Waals surface area contributed by atoms with Crippen LogP contribution in [-0.4, -0.2) is 16.1 Å². The molecule has 3 rings (SSSR count). The van der Waals surface area contributed by atoms with E-state index in [0.717, 1.165) is 15.6 Å². The van der Waals surface area contributed by atoms with E-state index in [4.69, 9.17) is 0 Å². The second kappa shape index (κ2) is 6.87. The van der Waals surface area contributed by atoms with Gasteiger partial charge in [0.15, 0.2) is 5.69 Å². The van der Waals surface area contributed by atoms with E-state index < -0.39 is 0 Å². The highest BCUT2D eigenvalue weighted by molar-refractivity contribution is 7.99. The van der Waals surface area contributed by atoms with Crippen LogP contribution in [0.1, 0.15) is 10.5 Å². The van der Waals surface area contributed by atoms with E-state index in [1.54, 1.807) is 12.1 Å². The van der Waals surface area contributed by atoms with Gasteiger partial charge in [-0.1, -0.05) is 48.2 Å². The molecule has 1 N–H and O–H groups in total. The minimum absolute atomic E-state index is 0.269. The van der Waals surface area contributed by atoms with Crippen LogP contribution in [0, 0.1) is 0 Å². The molecule has 3 aromatic rings. The van der Waals surface area contributed by atoms with E-state index in [0.29, 0.717) is 5.69 Å². The molecule has 0 aliphatic rings. The van der Waals surface area contributed by atoms with Gasteiger partial charge in [-0.15, -0.1) is 10.2 Å². The molecule has 0 radical (unpaired) electrons. The Balaban J connectivity index is 1.67. The van der Waals surface area contributed by atoms with Crippen molar-refractivity contribution in [3.63, 3.8) is 0 Å². The molecule has 0 saturated heterocycles. The number of nitrogens with zero attached hydrogens (tertiary/aromatic N) is 2. The smallest absolute Gasteiger partial charge is 0.276 e. The highest BCUT2D eigenvalue weighted by Gasteiger charge is 2.09. The van der Waals surface area contributed by atoms with Crippen LogP contribution in [0.5, 0.6) is 0 Å². The Bertz CT molecular complexity index is 746. The molecule has 4 nitrogen and oxygen atoms in total. The third-order valence-corrected chi connectivity index (χ3v) is 3.80. The number of anilines is 1. The van der Waals surface area contributed by atoms with Gasteiger partial charge in [-0.3, -0.25) is 4.79 Å². The summed E-state index contributed by atoms with van der Waals surface area (Å²) >= 11 is 1.51. The lowest BCUT2D eigenvalue weighted by atomic mass is 10.3. The number of nitrogens with one attached hydrogen (secondary N) is 1. The lowest BCUT2D eigenvalue weighted by Gasteiger charge is -2.04. The molecule has 0 spiro atoms. The van der Waals surface area contributed by atoms with Crippen molar-refractivity contribution in [3.8, 4) is 0 Å². The second-order valence-corrected chi connectivity index (χ2v) is 5.59. The van der Waals surface area contributed by atoms with Gasteiger partial charge in [0.2, 0.25) is 0 Å². The monoisotopic (exact) mass is 307 g/mol. The fourth-order valence-electron chi connectivity index (χ4n) is 1.82. The Morgan fingerprint density at radius 3 is 2.14 bits per heavy atom. The first kappa shape index (κ1) is 14.3. The Hall–Kier alpha value is -2.66. The van der Waals surface area contributed by atoms with Gasteiger partial charge in [-0.05, 0) is 36.4 Å². The standard InChI is InChI=1S/C17H13N3OS/c21-17(18-13-7-3-1-4-8-13)15-11-12-16(20-19-15)22-14-9-5-2-6-10-14/h1-12H,(H,18,21). The molecule has 5 heteroatoms. The lowest BCUT2D eigenvalue weighted by molar-refractivity contribution is 0.102. The van der Waals surface area contributed by atoms with Crippen molar-refractivity contribution >= 4 is 23.4 Å². The van der Waals surface area contributed by atoms with Gasteiger partial charge in [0.25, 0.3) is 5.91 Å². The molecule has 1 amide bonds. The Kier molecular flexibility index (Phi) is 4.46. The van der Waals surface area contributed by atoms with Crippen LogP contribution in [0.2, 0.25) is 0 Å². The maximum Gasteiger partial charge on any atom is 0.276 e. The van der Waals surface area contributed by atoms with Crippen LogP contribution in [-0.2, 0) is 0 Å². The van der Waals surface area contributed by atoms with E-state index in [-0.39, 0.29) is 5.91 Å². The van der Waals surface area contributed by atoms with Crippen LogP contribution < -0.4 is 5.32 Å². The van der Waals surface area contributed by atoms with Crippen LogP contribution in [0.3, 0.4) is 0 Å². The summed E-state index contributed by atoms with van der Waals surface area (Å²) in [5.41, 5.74) is 1.03. The van der Waals surface area contributed by atoms with Crippen molar-refractivity contribution in [2.24, 2.45) is 0 Å². The molecule has 0 fully saturated rings. The van der Waals surface area contributed by atoms with Gasteiger partial charge in [0, 0.05) is 10.6 Å². The Morgan fingerprint density at radius 2 is 1.50 bits per heavy atom. The van der Waals surface area contributed by atoms with Gasteiger partial charge in [0.1, 0.15) is 5.03 Å². The van der Waals surface area contributed by atoms with Gasteiger partial charge in [-0.25, -0.2) is 0 Å². The molecular formula is C17H13N3OS. The quantitative estimate of drug-likeness (QED) is 0.794. The van der Waals surface area contributed by atoms with Gasteiger partial charge < -0.3 is 5.32 Å². The van der Waals surface area contributed by atoms with Gasteiger partial charge >= 0.3 is 0 Å². The van der Waals surface area contributed by atoms with E-state index >= 15 is 0 Å². The molecule has 1 aromatic heterocycles. The summed E-state index contributed by atoms with van der Waals surface area (Å²) in [6.45, 7) is 0. The molecule has 0 atom stereocenters. The molecule has 108 valence electrons. The molecule has 22 heavy (non-hydrogen) atoms. The molecule has 0 saturated carbocycles. The van der Waals surface area contributed by atoms with E-state index in [1.165, 1.54) is 11.8 Å². The Morgan fingerprint density at radius 1 is 0.818 bits per heavy atom. The summed E-state index contributed by atoms with van der Waals surface area (Å²) in [5, 5.41) is 11.6. The molecule has 0 aliphatic carbocycles. The zero-order valence-corrected chi connectivity index (χ0v) is 12.5. The summed E-state index contributed by atoms with van der Waals surface area (Å²) in [7, 11) is 0. The topological polar surface area (TPSA) is 54.9 Å². The highest BCUT2D eigenvalue weighted by Crippen LogP contribution is 2.24. The molecule has 1 heterocycles. The molecule has 0 unspecified atom stereocenters.